The van der Waals surface area contributed by atoms with E-state index in [2.05, 4.69) is 10.3 Å². The van der Waals surface area contributed by atoms with E-state index in [-0.39, 0.29) is 11.8 Å². The maximum atomic E-state index is 11.9. The number of nitrogens with one attached hydrogen (secondary N) is 1. The minimum absolute atomic E-state index is 0.0633. The predicted octanol–water partition coefficient (Wildman–Crippen LogP) is 3.59. The Morgan fingerprint density at radius 1 is 1.33 bits per heavy atom. The van der Waals surface area contributed by atoms with Crippen LogP contribution in [-0.4, -0.2) is 17.4 Å². The zero-order valence-electron chi connectivity index (χ0n) is 12.1. The third kappa shape index (κ3) is 5.20. The van der Waals surface area contributed by atoms with Crippen molar-refractivity contribution >= 4 is 17.5 Å². The van der Waals surface area contributed by atoms with E-state index in [4.69, 9.17) is 11.6 Å². The summed E-state index contributed by atoms with van der Waals surface area (Å²) >= 11 is 5.93. The highest BCUT2D eigenvalue weighted by atomic mass is 35.5. The molecule has 1 heterocycles. The van der Waals surface area contributed by atoms with E-state index >= 15 is 0 Å². The average molecular weight is 303 g/mol. The summed E-state index contributed by atoms with van der Waals surface area (Å²) in [7, 11) is 0. The Labute approximate surface area is 130 Å². The fraction of sp³-hybridized carbons (Fsp3) is 0.294. The second kappa shape index (κ2) is 7.79. The van der Waals surface area contributed by atoms with E-state index in [9.17, 15) is 4.79 Å². The number of halogens is 1. The van der Waals surface area contributed by atoms with Crippen LogP contribution in [-0.2, 0) is 11.2 Å². The molecule has 2 aromatic rings. The van der Waals surface area contributed by atoms with Crippen molar-refractivity contribution in [2.45, 2.75) is 25.7 Å². The Morgan fingerprint density at radius 2 is 2.19 bits per heavy atom. The summed E-state index contributed by atoms with van der Waals surface area (Å²) in [6.07, 6.45) is 4.81. The van der Waals surface area contributed by atoms with Crippen molar-refractivity contribution in [3.8, 4) is 0 Å². The van der Waals surface area contributed by atoms with Crippen LogP contribution in [0.3, 0.4) is 0 Å². The Morgan fingerprint density at radius 3 is 2.90 bits per heavy atom. The van der Waals surface area contributed by atoms with Gasteiger partial charge >= 0.3 is 0 Å². The maximum Gasteiger partial charge on any atom is 0.220 e. The molecule has 0 aliphatic heterocycles. The van der Waals surface area contributed by atoms with Gasteiger partial charge in [-0.05, 0) is 41.7 Å². The van der Waals surface area contributed by atoms with E-state index in [0.717, 1.165) is 22.6 Å². The van der Waals surface area contributed by atoms with Crippen molar-refractivity contribution in [2.24, 2.45) is 0 Å². The van der Waals surface area contributed by atoms with Crippen LogP contribution in [0.15, 0.2) is 48.8 Å². The van der Waals surface area contributed by atoms with Crippen molar-refractivity contribution < 1.29 is 4.79 Å². The molecule has 0 bridgehead atoms. The molecule has 1 unspecified atom stereocenters. The standard InChI is InChI=1S/C17H19ClN2O/c1-13(15-5-3-8-19-12-15)10-17(21)20-9-7-14-4-2-6-16(18)11-14/h2-6,8,11-13H,7,9-10H2,1H3,(H,20,21). The molecule has 0 saturated heterocycles. The molecule has 0 aliphatic carbocycles. The van der Waals surface area contributed by atoms with E-state index in [1.165, 1.54) is 0 Å². The van der Waals surface area contributed by atoms with E-state index in [1.54, 1.807) is 6.20 Å². The van der Waals surface area contributed by atoms with Crippen LogP contribution in [0.25, 0.3) is 0 Å². The third-order valence-corrected chi connectivity index (χ3v) is 3.61. The minimum atomic E-state index is 0.0633. The molecule has 0 saturated carbocycles. The molecule has 1 aromatic carbocycles. The van der Waals surface area contributed by atoms with Gasteiger partial charge in [0.1, 0.15) is 0 Å². The highest BCUT2D eigenvalue weighted by molar-refractivity contribution is 6.30. The zero-order chi connectivity index (χ0) is 15.1. The van der Waals surface area contributed by atoms with Crippen LogP contribution >= 0.6 is 11.6 Å². The van der Waals surface area contributed by atoms with Crippen molar-refractivity contribution in [1.82, 2.24) is 10.3 Å². The quantitative estimate of drug-likeness (QED) is 0.886. The first kappa shape index (κ1) is 15.5. The second-order valence-electron chi connectivity index (χ2n) is 5.12. The van der Waals surface area contributed by atoms with Crippen molar-refractivity contribution in [2.75, 3.05) is 6.54 Å². The number of hydrogen-bond acceptors (Lipinski definition) is 2. The van der Waals surface area contributed by atoms with Crippen LogP contribution in [0, 0.1) is 0 Å². The molecule has 110 valence electrons. The zero-order valence-corrected chi connectivity index (χ0v) is 12.8. The molecule has 0 spiro atoms. The van der Waals surface area contributed by atoms with E-state index in [0.29, 0.717) is 13.0 Å². The van der Waals surface area contributed by atoms with Gasteiger partial charge in [0.15, 0.2) is 0 Å². The van der Waals surface area contributed by atoms with Crippen molar-refractivity contribution in [3.63, 3.8) is 0 Å². The molecule has 1 aromatic heterocycles. The molecule has 1 N–H and O–H groups in total. The molecular formula is C17H19ClN2O. The van der Waals surface area contributed by atoms with Gasteiger partial charge in [0.05, 0.1) is 0 Å². The first-order valence-corrected chi connectivity index (χ1v) is 7.44. The van der Waals surface area contributed by atoms with Gasteiger partial charge < -0.3 is 5.32 Å². The van der Waals surface area contributed by atoms with Crippen LogP contribution < -0.4 is 5.32 Å². The fourth-order valence-corrected chi connectivity index (χ4v) is 2.39. The molecule has 0 aliphatic rings. The summed E-state index contributed by atoms with van der Waals surface area (Å²) in [5.74, 6) is 0.234. The summed E-state index contributed by atoms with van der Waals surface area (Å²) in [6.45, 7) is 2.66. The molecule has 0 fully saturated rings. The number of pyridine rings is 1. The normalized spacial score (nSPS) is 11.9. The third-order valence-electron chi connectivity index (χ3n) is 3.37. The summed E-state index contributed by atoms with van der Waals surface area (Å²) in [4.78, 5) is 16.0. The number of carbonyl (C=O) groups excluding carboxylic acids is 1. The first-order chi connectivity index (χ1) is 10.1. The lowest BCUT2D eigenvalue weighted by molar-refractivity contribution is -0.121. The molecule has 1 atom stereocenters. The Hall–Kier alpha value is -1.87. The van der Waals surface area contributed by atoms with Crippen LogP contribution in [0.1, 0.15) is 30.4 Å². The summed E-state index contributed by atoms with van der Waals surface area (Å²) in [5.41, 5.74) is 2.21. The Bertz CT molecular complexity index is 586. The molecule has 21 heavy (non-hydrogen) atoms. The summed E-state index contributed by atoms with van der Waals surface area (Å²) in [5, 5.41) is 3.67. The molecule has 4 heteroatoms. The lowest BCUT2D eigenvalue weighted by atomic mass is 9.99. The maximum absolute atomic E-state index is 11.9. The number of rotatable bonds is 6. The van der Waals surface area contributed by atoms with Gasteiger partial charge in [-0.25, -0.2) is 0 Å². The van der Waals surface area contributed by atoms with E-state index < -0.39 is 0 Å². The van der Waals surface area contributed by atoms with Crippen LogP contribution in [0.5, 0.6) is 0 Å². The average Bonchev–Trinajstić information content (AvgIpc) is 2.48. The second-order valence-corrected chi connectivity index (χ2v) is 5.56. The van der Waals surface area contributed by atoms with Gasteiger partial charge in [0, 0.05) is 30.4 Å². The molecule has 3 nitrogen and oxygen atoms in total. The molecular weight excluding hydrogens is 284 g/mol. The number of hydrogen-bond donors (Lipinski definition) is 1. The highest BCUT2D eigenvalue weighted by Gasteiger charge is 2.10. The predicted molar refractivity (Wildman–Crippen MR) is 85.4 cm³/mol. The Kier molecular flexibility index (Phi) is 5.76. The largest absolute Gasteiger partial charge is 0.356 e. The van der Waals surface area contributed by atoms with Gasteiger partial charge in [0.25, 0.3) is 0 Å². The van der Waals surface area contributed by atoms with Crippen LogP contribution in [0.4, 0.5) is 0 Å². The number of nitrogens with zero attached hydrogens (tertiary/aromatic N) is 1. The van der Waals surface area contributed by atoms with E-state index in [1.807, 2.05) is 49.5 Å². The van der Waals surface area contributed by atoms with Gasteiger partial charge in [-0.15, -0.1) is 0 Å². The summed E-state index contributed by atoms with van der Waals surface area (Å²) in [6, 6.07) is 11.6. The number of carbonyl (C=O) groups is 1. The van der Waals surface area contributed by atoms with Gasteiger partial charge in [-0.2, -0.15) is 0 Å². The number of aromatic nitrogens is 1. The molecule has 1 amide bonds. The monoisotopic (exact) mass is 302 g/mol. The summed E-state index contributed by atoms with van der Waals surface area (Å²) < 4.78 is 0. The lowest BCUT2D eigenvalue weighted by Gasteiger charge is -2.11. The number of benzene rings is 1. The SMILES string of the molecule is CC(CC(=O)NCCc1cccc(Cl)c1)c1cccnc1. The fourth-order valence-electron chi connectivity index (χ4n) is 2.17. The van der Waals surface area contributed by atoms with Crippen LogP contribution in [0.2, 0.25) is 5.02 Å². The minimum Gasteiger partial charge on any atom is -0.356 e. The Balaban J connectivity index is 1.75. The van der Waals surface area contributed by atoms with Gasteiger partial charge in [-0.1, -0.05) is 36.7 Å². The van der Waals surface area contributed by atoms with Crippen molar-refractivity contribution in [1.29, 1.82) is 0 Å². The molecule has 2 rings (SSSR count). The van der Waals surface area contributed by atoms with Gasteiger partial charge in [-0.3, -0.25) is 9.78 Å². The highest BCUT2D eigenvalue weighted by Crippen LogP contribution is 2.17. The van der Waals surface area contributed by atoms with Gasteiger partial charge in [0.2, 0.25) is 5.91 Å². The lowest BCUT2D eigenvalue weighted by Crippen LogP contribution is -2.26. The topological polar surface area (TPSA) is 42.0 Å². The number of amides is 1. The first-order valence-electron chi connectivity index (χ1n) is 7.06. The smallest absolute Gasteiger partial charge is 0.220 e. The van der Waals surface area contributed by atoms with Crippen molar-refractivity contribution in [3.05, 3.63) is 64.9 Å². The molecule has 0 radical (unpaired) electrons.